The molecule has 0 aliphatic carbocycles. The third kappa shape index (κ3) is 10.8. The summed E-state index contributed by atoms with van der Waals surface area (Å²) in [4.78, 5) is 0. The molecule has 11 heavy (non-hydrogen) atoms. The van der Waals surface area contributed by atoms with Crippen molar-refractivity contribution in [1.82, 2.24) is 0 Å². The molecule has 0 heterocycles. The second kappa shape index (κ2) is 10.8. The van der Waals surface area contributed by atoms with E-state index in [0.29, 0.717) is 0 Å². The Labute approximate surface area is 102 Å². The summed E-state index contributed by atoms with van der Waals surface area (Å²) in [6, 6.07) is 10.7. The van der Waals surface area contributed by atoms with Gasteiger partial charge < -0.3 is 5.32 Å². The summed E-state index contributed by atoms with van der Waals surface area (Å²) in [7, 11) is 3.50. The molecule has 1 aromatic rings. The maximum atomic E-state index is 3.50. The van der Waals surface area contributed by atoms with E-state index in [4.69, 9.17) is 0 Å². The van der Waals surface area contributed by atoms with Gasteiger partial charge in [-0.1, -0.05) is 20.4 Å². The minimum atomic E-state index is 0. The van der Waals surface area contributed by atoms with Gasteiger partial charge in [0.05, 0.1) is 0 Å². The van der Waals surface area contributed by atoms with E-state index in [2.05, 4.69) is 27.3 Å². The molecule has 1 radical (unpaired) electrons. The average molecular weight is 289 g/mol. The third-order valence-corrected chi connectivity index (χ3v) is 1.16. The first-order chi connectivity index (χ1) is 4.81. The van der Waals surface area contributed by atoms with E-state index in [-0.39, 0.29) is 32.7 Å². The molecule has 0 unspecified atom stereocenters. The second-order valence-corrected chi connectivity index (χ2v) is 2.51. The third-order valence-electron chi connectivity index (χ3n) is 0.671. The van der Waals surface area contributed by atoms with Crippen LogP contribution in [0.5, 0.6) is 0 Å². The Balaban J connectivity index is 0. The fraction of sp³-hybridized carbons (Fsp3) is 0.250. The Morgan fingerprint density at radius 1 is 1.36 bits per heavy atom. The molecule has 0 saturated heterocycles. The maximum Gasteiger partial charge on any atom is 0 e. The van der Waals surface area contributed by atoms with Crippen LogP contribution in [0, 0.1) is 6.07 Å². The van der Waals surface area contributed by atoms with Crippen LogP contribution < -0.4 is 0 Å². The molecule has 0 N–H and O–H groups in total. The van der Waals surface area contributed by atoms with Crippen molar-refractivity contribution in [3.8, 4) is 0 Å². The van der Waals surface area contributed by atoms with Crippen LogP contribution in [0.15, 0.2) is 28.7 Å². The van der Waals surface area contributed by atoms with Crippen LogP contribution in [0.25, 0.3) is 5.32 Å². The van der Waals surface area contributed by atoms with Crippen molar-refractivity contribution < 1.29 is 32.7 Å². The van der Waals surface area contributed by atoms with Crippen LogP contribution >= 0.6 is 15.9 Å². The number of nitrogens with zero attached hydrogens (tertiary/aromatic N) is 1. The van der Waals surface area contributed by atoms with E-state index >= 15 is 0 Å². The molecular formula is C8H10BrNY-2. The number of benzene rings is 1. The van der Waals surface area contributed by atoms with E-state index in [0.717, 1.165) is 4.47 Å². The maximum absolute atomic E-state index is 3.50. The van der Waals surface area contributed by atoms with Crippen LogP contribution in [-0.4, -0.2) is 14.1 Å². The summed E-state index contributed by atoms with van der Waals surface area (Å²) >= 11 is 3.26. The van der Waals surface area contributed by atoms with Crippen molar-refractivity contribution in [2.75, 3.05) is 14.1 Å². The minimum absolute atomic E-state index is 0. The smallest absolute Gasteiger partial charge is 0 e. The molecule has 1 aromatic carbocycles. The zero-order valence-corrected chi connectivity index (χ0v) is 11.1. The summed E-state index contributed by atoms with van der Waals surface area (Å²) in [5.41, 5.74) is 0. The van der Waals surface area contributed by atoms with Crippen molar-refractivity contribution in [1.29, 1.82) is 0 Å². The van der Waals surface area contributed by atoms with E-state index in [9.17, 15) is 0 Å². The first-order valence-electron chi connectivity index (χ1n) is 2.91. The quantitative estimate of drug-likeness (QED) is 0.652. The van der Waals surface area contributed by atoms with Gasteiger partial charge in [0.25, 0.3) is 0 Å². The van der Waals surface area contributed by atoms with Crippen molar-refractivity contribution in [2.45, 2.75) is 0 Å². The van der Waals surface area contributed by atoms with E-state index < -0.39 is 0 Å². The largest absolute Gasteiger partial charge is 0.668 e. The first kappa shape index (κ1) is 14.3. The molecule has 0 saturated carbocycles. The number of hydrogen-bond donors (Lipinski definition) is 0. The molecule has 0 aliphatic rings. The van der Waals surface area contributed by atoms with Gasteiger partial charge in [0.15, 0.2) is 0 Å². The zero-order valence-electron chi connectivity index (χ0n) is 6.71. The number of hydrogen-bond acceptors (Lipinski definition) is 0. The van der Waals surface area contributed by atoms with Crippen molar-refractivity contribution in [3.05, 3.63) is 40.1 Å². The summed E-state index contributed by atoms with van der Waals surface area (Å²) < 4.78 is 1.01. The number of rotatable bonds is 0. The Morgan fingerprint density at radius 3 is 2.09 bits per heavy atom. The predicted molar refractivity (Wildman–Crippen MR) is 48.2 cm³/mol. The normalized spacial score (nSPS) is 7.18. The van der Waals surface area contributed by atoms with Crippen LogP contribution in [0.4, 0.5) is 0 Å². The monoisotopic (exact) mass is 288 g/mol. The second-order valence-electron chi connectivity index (χ2n) is 1.66. The number of halogens is 1. The molecular weight excluding hydrogens is 279 g/mol. The van der Waals surface area contributed by atoms with Crippen LogP contribution in [0.2, 0.25) is 0 Å². The fourth-order valence-electron chi connectivity index (χ4n) is 0.371. The van der Waals surface area contributed by atoms with E-state index in [1.807, 2.05) is 24.3 Å². The van der Waals surface area contributed by atoms with Gasteiger partial charge in [-0.15, -0.1) is 0 Å². The van der Waals surface area contributed by atoms with Crippen LogP contribution in [-0.2, 0) is 32.7 Å². The van der Waals surface area contributed by atoms with Gasteiger partial charge in [-0.05, 0) is 0 Å². The van der Waals surface area contributed by atoms with Crippen LogP contribution in [0.1, 0.15) is 0 Å². The minimum Gasteiger partial charge on any atom is -0.668 e. The van der Waals surface area contributed by atoms with E-state index in [1.165, 1.54) is 0 Å². The standard InChI is InChI=1S/C6H4Br.C2H6N.Y/c7-6-4-2-1-3-5-6;1-3-2;/h1-4H;1-2H3;/q2*-1;. The predicted octanol–water partition coefficient (Wildman–Crippen LogP) is 2.87. The SMILES string of the molecule is Brc1[c-]cccc1.C[N-]C.[Y]. The van der Waals surface area contributed by atoms with Gasteiger partial charge in [0.2, 0.25) is 0 Å². The molecule has 0 bridgehead atoms. The Hall–Kier alpha value is 0.764. The average Bonchev–Trinajstić information content (AvgIpc) is 1.91. The molecule has 1 rings (SSSR count). The van der Waals surface area contributed by atoms with Gasteiger partial charge in [0.1, 0.15) is 0 Å². The molecule has 1 nitrogen and oxygen atoms in total. The molecule has 0 aromatic heterocycles. The van der Waals surface area contributed by atoms with Crippen molar-refractivity contribution in [3.63, 3.8) is 0 Å². The van der Waals surface area contributed by atoms with E-state index in [1.54, 1.807) is 14.1 Å². The molecule has 0 atom stereocenters. The topological polar surface area (TPSA) is 14.1 Å². The summed E-state index contributed by atoms with van der Waals surface area (Å²) in [5.74, 6) is 0. The Kier molecular flexibility index (Phi) is 14.0. The molecule has 3 heteroatoms. The summed E-state index contributed by atoms with van der Waals surface area (Å²) in [6.07, 6.45) is 0. The summed E-state index contributed by atoms with van der Waals surface area (Å²) in [6.45, 7) is 0. The fourth-order valence-corrected chi connectivity index (χ4v) is 0.656. The van der Waals surface area contributed by atoms with Gasteiger partial charge >= 0.3 is 0 Å². The Bertz CT molecular complexity index is 155. The van der Waals surface area contributed by atoms with Gasteiger partial charge in [0, 0.05) is 32.7 Å². The van der Waals surface area contributed by atoms with Gasteiger partial charge in [-0.2, -0.15) is 44.4 Å². The molecule has 0 spiro atoms. The Morgan fingerprint density at radius 2 is 1.91 bits per heavy atom. The summed E-state index contributed by atoms with van der Waals surface area (Å²) in [5, 5.41) is 3.50. The first-order valence-corrected chi connectivity index (χ1v) is 3.70. The molecule has 59 valence electrons. The molecule has 0 aliphatic heterocycles. The molecule has 0 amide bonds. The van der Waals surface area contributed by atoms with Gasteiger partial charge in [-0.25, -0.2) is 0 Å². The van der Waals surface area contributed by atoms with Crippen LogP contribution in [0.3, 0.4) is 0 Å². The molecule has 0 fully saturated rings. The van der Waals surface area contributed by atoms with Crippen molar-refractivity contribution >= 4 is 15.9 Å². The van der Waals surface area contributed by atoms with Crippen molar-refractivity contribution in [2.24, 2.45) is 0 Å². The zero-order chi connectivity index (χ0) is 7.82. The van der Waals surface area contributed by atoms with Gasteiger partial charge in [-0.3, -0.25) is 0 Å².